The first-order chi connectivity index (χ1) is 11.9. The third-order valence-corrected chi connectivity index (χ3v) is 7.43. The number of hydrogen-bond donors (Lipinski definition) is 1. The molecule has 0 amide bonds. The van der Waals surface area contributed by atoms with Crippen LogP contribution in [0.4, 0.5) is 0 Å². The lowest BCUT2D eigenvalue weighted by Gasteiger charge is -2.65. The van der Waals surface area contributed by atoms with Crippen LogP contribution in [0.5, 0.6) is 5.75 Å². The van der Waals surface area contributed by atoms with E-state index in [0.717, 1.165) is 44.4 Å². The molecule has 1 N–H and O–H groups in total. The standard InChI is InChI=1S/C22H31NO2/c1-5-20(2,3)23-13-12-21-10-6-7-11-22(21,24)19(23)14-16-8-9-17(25-4)15-18(16)21/h5,8-9,15,19,24H,1,6-7,10-14H2,2-4H3/t19-,21+,22?/m1/s1. The monoisotopic (exact) mass is 341 g/mol. The SMILES string of the molecule is C=CC(C)(C)N1CC[C@]23CCCCC2(O)[C@H]1Cc1ccc(OC)cc13. The molecular formula is C22H31NO2. The number of ether oxygens (including phenoxy) is 1. The van der Waals surface area contributed by atoms with E-state index in [-0.39, 0.29) is 17.0 Å². The predicted octanol–water partition coefficient (Wildman–Crippen LogP) is 3.83. The van der Waals surface area contributed by atoms with E-state index >= 15 is 0 Å². The zero-order chi connectivity index (χ0) is 17.9. The van der Waals surface area contributed by atoms with E-state index in [1.54, 1.807) is 7.11 Å². The Balaban J connectivity index is 1.89. The van der Waals surface area contributed by atoms with Crippen LogP contribution in [0.1, 0.15) is 57.1 Å². The van der Waals surface area contributed by atoms with Gasteiger partial charge < -0.3 is 9.84 Å². The number of methoxy groups -OCH3 is 1. The molecule has 2 fully saturated rings. The van der Waals surface area contributed by atoms with Crippen molar-refractivity contribution >= 4 is 0 Å². The van der Waals surface area contributed by atoms with Crippen LogP contribution in [0.25, 0.3) is 0 Å². The van der Waals surface area contributed by atoms with Crippen molar-refractivity contribution in [3.8, 4) is 5.75 Å². The van der Waals surface area contributed by atoms with Gasteiger partial charge in [-0.3, -0.25) is 4.90 Å². The minimum absolute atomic E-state index is 0.103. The van der Waals surface area contributed by atoms with Crippen LogP contribution >= 0.6 is 0 Å². The molecule has 1 unspecified atom stereocenters. The second-order valence-corrected chi connectivity index (χ2v) is 8.76. The summed E-state index contributed by atoms with van der Waals surface area (Å²) in [6.45, 7) is 9.53. The van der Waals surface area contributed by atoms with E-state index in [4.69, 9.17) is 4.74 Å². The van der Waals surface area contributed by atoms with Crippen LogP contribution in [-0.4, -0.2) is 40.8 Å². The predicted molar refractivity (Wildman–Crippen MR) is 101 cm³/mol. The first-order valence-corrected chi connectivity index (χ1v) is 9.68. The highest BCUT2D eigenvalue weighted by Crippen LogP contribution is 2.59. The number of hydrogen-bond acceptors (Lipinski definition) is 3. The van der Waals surface area contributed by atoms with E-state index in [0.29, 0.717) is 0 Å². The summed E-state index contributed by atoms with van der Waals surface area (Å²) in [4.78, 5) is 2.51. The van der Waals surface area contributed by atoms with Crippen molar-refractivity contribution in [1.82, 2.24) is 4.90 Å². The molecule has 3 nitrogen and oxygen atoms in total. The molecule has 3 atom stereocenters. The van der Waals surface area contributed by atoms with Crippen LogP contribution in [0.3, 0.4) is 0 Å². The molecule has 2 aliphatic carbocycles. The molecule has 25 heavy (non-hydrogen) atoms. The van der Waals surface area contributed by atoms with Crippen LogP contribution in [0.15, 0.2) is 30.9 Å². The Hall–Kier alpha value is -1.32. The highest BCUT2D eigenvalue weighted by atomic mass is 16.5. The van der Waals surface area contributed by atoms with Crippen molar-refractivity contribution in [2.75, 3.05) is 13.7 Å². The number of nitrogens with zero attached hydrogens (tertiary/aromatic N) is 1. The van der Waals surface area contributed by atoms with Gasteiger partial charge in [-0.25, -0.2) is 0 Å². The Kier molecular flexibility index (Phi) is 3.82. The molecule has 1 aromatic carbocycles. The van der Waals surface area contributed by atoms with Crippen LogP contribution in [0, 0.1) is 0 Å². The number of piperidine rings is 1. The van der Waals surface area contributed by atoms with Crippen molar-refractivity contribution in [2.45, 2.75) is 75.0 Å². The second kappa shape index (κ2) is 5.59. The zero-order valence-corrected chi connectivity index (χ0v) is 15.8. The third-order valence-electron chi connectivity index (χ3n) is 7.43. The summed E-state index contributed by atoms with van der Waals surface area (Å²) in [5.74, 6) is 0.911. The van der Waals surface area contributed by atoms with Gasteiger partial charge in [0, 0.05) is 23.5 Å². The van der Waals surface area contributed by atoms with E-state index < -0.39 is 5.60 Å². The minimum atomic E-state index is -0.650. The van der Waals surface area contributed by atoms with E-state index in [1.165, 1.54) is 17.5 Å². The average molecular weight is 341 g/mol. The first-order valence-electron chi connectivity index (χ1n) is 9.68. The average Bonchev–Trinajstić information content (AvgIpc) is 2.61. The van der Waals surface area contributed by atoms with Gasteiger partial charge in [-0.2, -0.15) is 0 Å². The van der Waals surface area contributed by atoms with Gasteiger partial charge >= 0.3 is 0 Å². The number of benzene rings is 1. The van der Waals surface area contributed by atoms with Gasteiger partial charge in [0.05, 0.1) is 12.7 Å². The van der Waals surface area contributed by atoms with Gasteiger partial charge in [-0.15, -0.1) is 6.58 Å². The highest BCUT2D eigenvalue weighted by Gasteiger charge is 2.64. The number of aliphatic hydroxyl groups is 1. The Morgan fingerprint density at radius 3 is 2.76 bits per heavy atom. The lowest BCUT2D eigenvalue weighted by atomic mass is 9.49. The molecule has 4 rings (SSSR count). The number of rotatable bonds is 3. The summed E-state index contributed by atoms with van der Waals surface area (Å²) in [6, 6.07) is 6.66. The summed E-state index contributed by atoms with van der Waals surface area (Å²) in [7, 11) is 1.73. The Morgan fingerprint density at radius 2 is 2.04 bits per heavy atom. The van der Waals surface area contributed by atoms with Crippen molar-refractivity contribution in [3.63, 3.8) is 0 Å². The molecule has 0 aromatic heterocycles. The maximum Gasteiger partial charge on any atom is 0.119 e. The van der Waals surface area contributed by atoms with Gasteiger partial charge in [0.2, 0.25) is 0 Å². The van der Waals surface area contributed by atoms with Crippen molar-refractivity contribution < 1.29 is 9.84 Å². The smallest absolute Gasteiger partial charge is 0.119 e. The lowest BCUT2D eigenvalue weighted by Crippen LogP contribution is -2.74. The van der Waals surface area contributed by atoms with Crippen LogP contribution in [-0.2, 0) is 11.8 Å². The highest BCUT2D eigenvalue weighted by molar-refractivity contribution is 5.48. The number of likely N-dealkylation sites (tertiary alicyclic amines) is 1. The molecule has 1 saturated heterocycles. The lowest BCUT2D eigenvalue weighted by molar-refractivity contribution is -0.179. The third kappa shape index (κ3) is 2.18. The molecule has 3 aliphatic rings. The Labute approximate surface area is 151 Å². The first kappa shape index (κ1) is 17.1. The molecule has 1 heterocycles. The Bertz CT molecular complexity index is 697. The maximum atomic E-state index is 12.1. The quantitative estimate of drug-likeness (QED) is 0.848. The minimum Gasteiger partial charge on any atom is -0.497 e. The Morgan fingerprint density at radius 1 is 1.28 bits per heavy atom. The molecule has 136 valence electrons. The van der Waals surface area contributed by atoms with Gasteiger partial charge in [0.15, 0.2) is 0 Å². The zero-order valence-electron chi connectivity index (χ0n) is 15.8. The fourth-order valence-corrected chi connectivity index (χ4v) is 5.93. The van der Waals surface area contributed by atoms with Gasteiger partial charge in [0.1, 0.15) is 5.75 Å². The van der Waals surface area contributed by atoms with Crippen LogP contribution in [0.2, 0.25) is 0 Å². The van der Waals surface area contributed by atoms with Crippen LogP contribution < -0.4 is 4.74 Å². The van der Waals surface area contributed by atoms with E-state index in [2.05, 4.69) is 43.5 Å². The molecule has 2 bridgehead atoms. The van der Waals surface area contributed by atoms with E-state index in [9.17, 15) is 5.11 Å². The van der Waals surface area contributed by atoms with Gasteiger partial charge in [-0.1, -0.05) is 25.0 Å². The molecule has 0 spiro atoms. The molecular weight excluding hydrogens is 310 g/mol. The van der Waals surface area contributed by atoms with Gasteiger partial charge in [-0.05, 0) is 62.8 Å². The molecule has 1 aromatic rings. The summed E-state index contributed by atoms with van der Waals surface area (Å²) in [6.07, 6.45) is 8.27. The van der Waals surface area contributed by atoms with Gasteiger partial charge in [0.25, 0.3) is 0 Å². The maximum absolute atomic E-state index is 12.1. The van der Waals surface area contributed by atoms with Crippen molar-refractivity contribution in [3.05, 3.63) is 42.0 Å². The summed E-state index contributed by atoms with van der Waals surface area (Å²) < 4.78 is 5.51. The molecule has 0 radical (unpaired) electrons. The molecule has 1 saturated carbocycles. The largest absolute Gasteiger partial charge is 0.497 e. The fourth-order valence-electron chi connectivity index (χ4n) is 5.93. The van der Waals surface area contributed by atoms with E-state index in [1.807, 2.05) is 6.08 Å². The summed E-state index contributed by atoms with van der Waals surface area (Å²) in [5, 5.41) is 12.1. The summed E-state index contributed by atoms with van der Waals surface area (Å²) >= 11 is 0. The summed E-state index contributed by atoms with van der Waals surface area (Å²) in [5.41, 5.74) is 1.87. The molecule has 1 aliphatic heterocycles. The fraction of sp³-hybridized carbons (Fsp3) is 0.636. The van der Waals surface area contributed by atoms with Crippen molar-refractivity contribution in [2.24, 2.45) is 0 Å². The normalized spacial score (nSPS) is 34.8. The second-order valence-electron chi connectivity index (χ2n) is 8.76. The van der Waals surface area contributed by atoms with Crippen molar-refractivity contribution in [1.29, 1.82) is 0 Å². The molecule has 3 heteroatoms. The topological polar surface area (TPSA) is 32.7 Å². The number of fused-ring (bicyclic) bond motifs is 1.